The van der Waals surface area contributed by atoms with Crippen LogP contribution in [0.5, 0.6) is 0 Å². The average Bonchev–Trinajstić information content (AvgIpc) is 2.37. The number of carbonyl (C=O) groups excluding carboxylic acids is 1. The number of nitrogens with zero attached hydrogens (tertiary/aromatic N) is 2. The van der Waals surface area contributed by atoms with E-state index >= 15 is 0 Å². The van der Waals surface area contributed by atoms with Gasteiger partial charge >= 0.3 is 12.0 Å². The standard InChI is InChI=1S/C14H24N2O3/c1-14(2)6-4-8-16(10-14)13(19)15-7-3-5-11(9-15)12(17)18/h11H,3-10H2,1-2H3,(H,17,18)/t11-/m1/s1. The first-order valence-electron chi connectivity index (χ1n) is 7.16. The van der Waals surface area contributed by atoms with Gasteiger partial charge in [-0.3, -0.25) is 4.79 Å². The van der Waals surface area contributed by atoms with Crippen LogP contribution >= 0.6 is 0 Å². The Morgan fingerprint density at radius 3 is 2.47 bits per heavy atom. The van der Waals surface area contributed by atoms with Crippen molar-refractivity contribution in [2.45, 2.75) is 39.5 Å². The van der Waals surface area contributed by atoms with Crippen LogP contribution in [0.4, 0.5) is 4.79 Å². The van der Waals surface area contributed by atoms with Crippen molar-refractivity contribution in [1.82, 2.24) is 9.80 Å². The van der Waals surface area contributed by atoms with Crippen LogP contribution in [0.25, 0.3) is 0 Å². The van der Waals surface area contributed by atoms with Gasteiger partial charge in [0.15, 0.2) is 0 Å². The SMILES string of the molecule is CC1(C)CCCN(C(=O)N2CCC[C@@H](C(=O)O)C2)C1. The minimum absolute atomic E-state index is 0.0266. The molecular formula is C14H24N2O3. The molecule has 0 unspecified atom stereocenters. The van der Waals surface area contributed by atoms with Crippen molar-refractivity contribution in [3.8, 4) is 0 Å². The summed E-state index contributed by atoms with van der Waals surface area (Å²) in [6.07, 6.45) is 3.66. The van der Waals surface area contributed by atoms with Gasteiger partial charge in [0.25, 0.3) is 0 Å². The maximum absolute atomic E-state index is 12.5. The molecule has 2 aliphatic heterocycles. The van der Waals surface area contributed by atoms with Crippen molar-refractivity contribution in [2.75, 3.05) is 26.2 Å². The zero-order valence-corrected chi connectivity index (χ0v) is 11.9. The Morgan fingerprint density at radius 1 is 1.16 bits per heavy atom. The number of hydrogen-bond acceptors (Lipinski definition) is 2. The lowest BCUT2D eigenvalue weighted by Gasteiger charge is -2.41. The fourth-order valence-corrected chi connectivity index (χ4v) is 3.14. The van der Waals surface area contributed by atoms with E-state index in [1.165, 1.54) is 0 Å². The lowest BCUT2D eigenvalue weighted by atomic mass is 9.84. The molecule has 0 aromatic heterocycles. The minimum atomic E-state index is -0.781. The third-order valence-electron chi connectivity index (χ3n) is 4.21. The number of aliphatic carboxylic acids is 1. The van der Waals surface area contributed by atoms with Crippen LogP contribution in [0.2, 0.25) is 0 Å². The number of hydrogen-bond donors (Lipinski definition) is 1. The predicted octanol–water partition coefficient (Wildman–Crippen LogP) is 2.03. The number of urea groups is 1. The van der Waals surface area contributed by atoms with Gasteiger partial charge in [0.1, 0.15) is 0 Å². The van der Waals surface area contributed by atoms with E-state index in [1.54, 1.807) is 4.90 Å². The normalized spacial score (nSPS) is 27.2. The molecule has 2 aliphatic rings. The Hall–Kier alpha value is -1.26. The summed E-state index contributed by atoms with van der Waals surface area (Å²) in [6.45, 7) is 7.01. The number of piperidine rings is 2. The second-order valence-corrected chi connectivity index (χ2v) is 6.60. The molecule has 2 saturated heterocycles. The van der Waals surface area contributed by atoms with E-state index in [0.717, 1.165) is 32.4 Å². The summed E-state index contributed by atoms with van der Waals surface area (Å²) in [5.41, 5.74) is 0.176. The Balaban J connectivity index is 1.97. The number of likely N-dealkylation sites (tertiary alicyclic amines) is 2. The van der Waals surface area contributed by atoms with Crippen LogP contribution in [0.3, 0.4) is 0 Å². The van der Waals surface area contributed by atoms with Gasteiger partial charge in [-0.05, 0) is 31.1 Å². The molecule has 0 aromatic carbocycles. The van der Waals surface area contributed by atoms with Gasteiger partial charge in [-0.15, -0.1) is 0 Å². The lowest BCUT2D eigenvalue weighted by molar-refractivity contribution is -0.143. The quantitative estimate of drug-likeness (QED) is 0.791. The van der Waals surface area contributed by atoms with E-state index in [-0.39, 0.29) is 11.4 Å². The van der Waals surface area contributed by atoms with Crippen LogP contribution in [-0.2, 0) is 4.79 Å². The van der Waals surface area contributed by atoms with E-state index in [9.17, 15) is 9.59 Å². The first-order valence-corrected chi connectivity index (χ1v) is 7.16. The fraction of sp³-hybridized carbons (Fsp3) is 0.857. The molecule has 5 heteroatoms. The highest BCUT2D eigenvalue weighted by Gasteiger charge is 2.34. The molecule has 2 amide bonds. The molecule has 0 saturated carbocycles. The minimum Gasteiger partial charge on any atom is -0.481 e. The molecule has 0 aliphatic carbocycles. The molecule has 19 heavy (non-hydrogen) atoms. The van der Waals surface area contributed by atoms with E-state index in [1.807, 2.05) is 4.90 Å². The smallest absolute Gasteiger partial charge is 0.320 e. The molecule has 2 heterocycles. The topological polar surface area (TPSA) is 60.9 Å². The zero-order valence-electron chi connectivity index (χ0n) is 11.9. The van der Waals surface area contributed by atoms with E-state index in [2.05, 4.69) is 13.8 Å². The summed E-state index contributed by atoms with van der Waals surface area (Å²) in [6, 6.07) is 0.0266. The summed E-state index contributed by atoms with van der Waals surface area (Å²) < 4.78 is 0. The Bertz CT molecular complexity index is 368. The van der Waals surface area contributed by atoms with Crippen molar-refractivity contribution in [3.63, 3.8) is 0 Å². The van der Waals surface area contributed by atoms with Crippen molar-refractivity contribution in [1.29, 1.82) is 0 Å². The molecular weight excluding hydrogens is 244 g/mol. The lowest BCUT2D eigenvalue weighted by Crippen LogP contribution is -2.52. The molecule has 2 rings (SSSR count). The fourth-order valence-electron chi connectivity index (χ4n) is 3.14. The number of carboxylic acid groups (broad SMARTS) is 1. The highest BCUT2D eigenvalue weighted by Crippen LogP contribution is 2.29. The number of amides is 2. The first-order chi connectivity index (χ1) is 8.89. The summed E-state index contributed by atoms with van der Waals surface area (Å²) in [4.78, 5) is 27.1. The molecule has 0 radical (unpaired) electrons. The summed E-state index contributed by atoms with van der Waals surface area (Å²) in [5.74, 6) is -1.17. The van der Waals surface area contributed by atoms with Gasteiger partial charge in [0.05, 0.1) is 5.92 Å². The van der Waals surface area contributed by atoms with E-state index in [4.69, 9.17) is 5.11 Å². The number of carbonyl (C=O) groups is 2. The van der Waals surface area contributed by atoms with Crippen molar-refractivity contribution in [2.24, 2.45) is 11.3 Å². The van der Waals surface area contributed by atoms with Gasteiger partial charge < -0.3 is 14.9 Å². The monoisotopic (exact) mass is 268 g/mol. The maximum Gasteiger partial charge on any atom is 0.320 e. The van der Waals surface area contributed by atoms with Crippen LogP contribution < -0.4 is 0 Å². The Kier molecular flexibility index (Phi) is 4.02. The molecule has 0 bridgehead atoms. The van der Waals surface area contributed by atoms with Crippen LogP contribution in [0.15, 0.2) is 0 Å². The molecule has 2 fully saturated rings. The highest BCUT2D eigenvalue weighted by molar-refractivity contribution is 5.76. The van der Waals surface area contributed by atoms with Crippen molar-refractivity contribution >= 4 is 12.0 Å². The highest BCUT2D eigenvalue weighted by atomic mass is 16.4. The maximum atomic E-state index is 12.5. The van der Waals surface area contributed by atoms with Crippen LogP contribution in [0.1, 0.15) is 39.5 Å². The largest absolute Gasteiger partial charge is 0.481 e. The average molecular weight is 268 g/mol. The molecule has 1 N–H and O–H groups in total. The molecule has 1 atom stereocenters. The van der Waals surface area contributed by atoms with Gasteiger partial charge in [-0.1, -0.05) is 13.8 Å². The van der Waals surface area contributed by atoms with Gasteiger partial charge in [-0.25, -0.2) is 4.79 Å². The van der Waals surface area contributed by atoms with E-state index < -0.39 is 11.9 Å². The first kappa shape index (κ1) is 14.2. The number of carboxylic acids is 1. The molecule has 5 nitrogen and oxygen atoms in total. The molecule has 0 spiro atoms. The zero-order chi connectivity index (χ0) is 14.0. The van der Waals surface area contributed by atoms with Crippen molar-refractivity contribution < 1.29 is 14.7 Å². The summed E-state index contributed by atoms with van der Waals surface area (Å²) >= 11 is 0. The van der Waals surface area contributed by atoms with Gasteiger partial charge in [-0.2, -0.15) is 0 Å². The number of rotatable bonds is 1. The van der Waals surface area contributed by atoms with Gasteiger partial charge in [0, 0.05) is 26.2 Å². The van der Waals surface area contributed by atoms with Gasteiger partial charge in [0.2, 0.25) is 0 Å². The third kappa shape index (κ3) is 3.39. The molecule has 108 valence electrons. The molecule has 0 aromatic rings. The van der Waals surface area contributed by atoms with Crippen molar-refractivity contribution in [3.05, 3.63) is 0 Å². The third-order valence-corrected chi connectivity index (χ3v) is 4.21. The predicted molar refractivity (Wildman–Crippen MR) is 71.9 cm³/mol. The second-order valence-electron chi connectivity index (χ2n) is 6.60. The summed E-state index contributed by atoms with van der Waals surface area (Å²) in [7, 11) is 0. The van der Waals surface area contributed by atoms with Crippen LogP contribution in [-0.4, -0.2) is 53.1 Å². The van der Waals surface area contributed by atoms with E-state index in [0.29, 0.717) is 19.5 Å². The summed E-state index contributed by atoms with van der Waals surface area (Å²) in [5, 5.41) is 9.08. The van der Waals surface area contributed by atoms with Crippen LogP contribution in [0, 0.1) is 11.3 Å². The second kappa shape index (κ2) is 5.39. The Morgan fingerprint density at radius 2 is 1.84 bits per heavy atom. The Labute approximate surface area is 114 Å².